The van der Waals surface area contributed by atoms with Gasteiger partial charge in [-0.1, -0.05) is 11.6 Å². The zero-order valence-corrected chi connectivity index (χ0v) is 8.82. The number of aliphatic carboxylic acids is 1. The highest BCUT2D eigenvalue weighted by Gasteiger charge is 2.27. The van der Waals surface area contributed by atoms with Crippen LogP contribution in [-0.2, 0) is 11.2 Å². The second-order valence-electron chi connectivity index (χ2n) is 2.97. The first-order valence-corrected chi connectivity index (χ1v) is 4.54. The third-order valence-corrected chi connectivity index (χ3v) is 2.08. The van der Waals surface area contributed by atoms with Gasteiger partial charge in [-0.15, -0.1) is 0 Å². The highest BCUT2D eigenvalue weighted by molar-refractivity contribution is 6.31. The van der Waals surface area contributed by atoms with E-state index < -0.39 is 40.3 Å². The van der Waals surface area contributed by atoms with Gasteiger partial charge in [-0.25, -0.2) is 8.78 Å². The Bertz CT molecular complexity index is 481. The van der Waals surface area contributed by atoms with Crippen molar-refractivity contribution in [3.63, 3.8) is 0 Å². The maximum Gasteiger partial charge on any atom is 0.367 e. The van der Waals surface area contributed by atoms with Gasteiger partial charge >= 0.3 is 18.2 Å². The molecule has 1 aromatic rings. The molecule has 0 unspecified atom stereocenters. The third kappa shape index (κ3) is 3.06. The van der Waals surface area contributed by atoms with Gasteiger partial charge in [0.25, 0.3) is 0 Å². The fourth-order valence-corrected chi connectivity index (χ4v) is 1.39. The van der Waals surface area contributed by atoms with E-state index in [0.717, 1.165) is 6.07 Å². The number of rotatable bonds is 4. The Morgan fingerprint density at radius 3 is 2.65 bits per heavy atom. The number of pyridine rings is 1. The van der Waals surface area contributed by atoms with Gasteiger partial charge in [-0.3, -0.25) is 4.79 Å². The molecule has 1 aromatic heterocycles. The lowest BCUT2D eigenvalue weighted by Gasteiger charge is -2.03. The van der Waals surface area contributed by atoms with Crippen LogP contribution in [0.4, 0.5) is 14.6 Å². The van der Waals surface area contributed by atoms with Crippen LogP contribution in [-0.4, -0.2) is 21.0 Å². The van der Waals surface area contributed by atoms with Gasteiger partial charge in [0.1, 0.15) is 0 Å². The van der Waals surface area contributed by atoms with Gasteiger partial charge in [-0.05, 0) is 16.0 Å². The number of nitrogens with zero attached hydrogens (tertiary/aromatic N) is 2. The molecule has 1 rings (SSSR count). The molecule has 92 valence electrons. The number of aromatic nitrogens is 1. The number of carboxylic acid groups (broad SMARTS) is 1. The third-order valence-electron chi connectivity index (χ3n) is 1.78. The van der Waals surface area contributed by atoms with Gasteiger partial charge in [0, 0.05) is 0 Å². The van der Waals surface area contributed by atoms with Crippen LogP contribution < -0.4 is 0 Å². The molecule has 0 fully saturated rings. The lowest BCUT2D eigenvalue weighted by atomic mass is 10.1. The highest BCUT2D eigenvalue weighted by Crippen LogP contribution is 2.30. The molecule has 0 aliphatic heterocycles. The van der Waals surface area contributed by atoms with E-state index in [1.165, 1.54) is 0 Å². The summed E-state index contributed by atoms with van der Waals surface area (Å²) >= 11 is 5.43. The minimum atomic E-state index is -3.07. The summed E-state index contributed by atoms with van der Waals surface area (Å²) < 4.78 is 24.8. The minimum absolute atomic E-state index is 0.322. The molecule has 17 heavy (non-hydrogen) atoms. The molecule has 0 amide bonds. The Hall–Kier alpha value is -1.83. The summed E-state index contributed by atoms with van der Waals surface area (Å²) in [6, 6.07) is 0.822. The SMILES string of the molecule is O=C(O)Cc1cc(Cl)c(C(F)F)nc1[N+](=O)[O-]. The van der Waals surface area contributed by atoms with E-state index in [9.17, 15) is 23.7 Å². The number of carboxylic acids is 1. The topological polar surface area (TPSA) is 93.3 Å². The van der Waals surface area contributed by atoms with Crippen molar-refractivity contribution >= 4 is 23.4 Å². The van der Waals surface area contributed by atoms with E-state index >= 15 is 0 Å². The Labute approximate surface area is 98.0 Å². The maximum atomic E-state index is 12.4. The van der Waals surface area contributed by atoms with Gasteiger partial charge in [0.2, 0.25) is 5.69 Å². The van der Waals surface area contributed by atoms with E-state index in [1.54, 1.807) is 0 Å². The fourth-order valence-electron chi connectivity index (χ4n) is 1.13. The molecule has 0 saturated carbocycles. The van der Waals surface area contributed by atoms with E-state index in [1.807, 2.05) is 0 Å². The summed E-state index contributed by atoms with van der Waals surface area (Å²) in [5, 5.41) is 18.6. The molecule has 6 nitrogen and oxygen atoms in total. The number of alkyl halides is 2. The molecule has 0 aromatic carbocycles. The molecule has 0 saturated heterocycles. The number of hydrogen-bond acceptors (Lipinski definition) is 4. The Kier molecular flexibility index (Phi) is 3.89. The molecule has 0 bridgehead atoms. The number of hydrogen-bond donors (Lipinski definition) is 1. The number of halogens is 3. The molecule has 0 aliphatic rings. The Morgan fingerprint density at radius 2 is 2.24 bits per heavy atom. The van der Waals surface area contributed by atoms with E-state index in [2.05, 4.69) is 4.98 Å². The summed E-state index contributed by atoms with van der Waals surface area (Å²) in [5.41, 5.74) is -1.26. The van der Waals surface area contributed by atoms with E-state index in [0.29, 0.717) is 0 Å². The fraction of sp³-hybridized carbons (Fsp3) is 0.250. The van der Waals surface area contributed by atoms with Gasteiger partial charge in [-0.2, -0.15) is 0 Å². The second kappa shape index (κ2) is 5.00. The van der Waals surface area contributed by atoms with Crippen LogP contribution >= 0.6 is 11.6 Å². The van der Waals surface area contributed by atoms with Crippen LogP contribution in [0.15, 0.2) is 6.07 Å². The van der Waals surface area contributed by atoms with Crippen molar-refractivity contribution < 1.29 is 23.6 Å². The Morgan fingerprint density at radius 1 is 1.65 bits per heavy atom. The average Bonchev–Trinajstić information content (AvgIpc) is 2.15. The molecule has 0 atom stereocenters. The van der Waals surface area contributed by atoms with Crippen molar-refractivity contribution in [1.29, 1.82) is 0 Å². The molecule has 0 spiro atoms. The van der Waals surface area contributed by atoms with Crippen molar-refractivity contribution in [2.24, 2.45) is 0 Å². The van der Waals surface area contributed by atoms with Crippen LogP contribution in [0.25, 0.3) is 0 Å². The zero-order valence-electron chi connectivity index (χ0n) is 8.06. The molecular weight excluding hydrogens is 262 g/mol. The number of nitro groups is 1. The summed E-state index contributed by atoms with van der Waals surface area (Å²) in [5.74, 6) is -2.28. The van der Waals surface area contributed by atoms with E-state index in [-0.39, 0.29) is 5.56 Å². The lowest BCUT2D eigenvalue weighted by Crippen LogP contribution is -2.07. The summed E-state index contributed by atoms with van der Waals surface area (Å²) in [6.07, 6.45) is -3.79. The van der Waals surface area contributed by atoms with Gasteiger partial charge in [0.15, 0.2) is 0 Å². The first-order valence-electron chi connectivity index (χ1n) is 4.16. The average molecular weight is 267 g/mol. The molecule has 1 N–H and O–H groups in total. The highest BCUT2D eigenvalue weighted by atomic mass is 35.5. The summed E-state index contributed by atoms with van der Waals surface area (Å²) in [6.45, 7) is 0. The minimum Gasteiger partial charge on any atom is -0.481 e. The number of carbonyl (C=O) groups is 1. The predicted molar refractivity (Wildman–Crippen MR) is 52.2 cm³/mol. The van der Waals surface area contributed by atoms with Gasteiger partial charge in [0.05, 0.1) is 17.0 Å². The molecule has 9 heteroatoms. The molecular formula is C8H5ClF2N2O4. The monoisotopic (exact) mass is 266 g/mol. The van der Waals surface area contributed by atoms with Crippen molar-refractivity contribution in [1.82, 2.24) is 4.98 Å². The van der Waals surface area contributed by atoms with Crippen LogP contribution in [0.1, 0.15) is 17.7 Å². The largest absolute Gasteiger partial charge is 0.481 e. The zero-order chi connectivity index (χ0) is 13.2. The molecule has 0 radical (unpaired) electrons. The van der Waals surface area contributed by atoms with Gasteiger partial charge < -0.3 is 15.2 Å². The van der Waals surface area contributed by atoms with Crippen molar-refractivity contribution in [3.05, 3.63) is 32.5 Å². The first-order chi connectivity index (χ1) is 7.82. The molecule has 0 aliphatic carbocycles. The maximum absolute atomic E-state index is 12.4. The summed E-state index contributed by atoms with van der Waals surface area (Å²) in [4.78, 5) is 23.0. The Balaban J connectivity index is 3.35. The predicted octanol–water partition coefficient (Wildman–Crippen LogP) is 2.21. The van der Waals surface area contributed by atoms with Crippen LogP contribution in [0.5, 0.6) is 0 Å². The molecule has 1 heterocycles. The van der Waals surface area contributed by atoms with Crippen LogP contribution in [0, 0.1) is 10.1 Å². The second-order valence-corrected chi connectivity index (χ2v) is 3.37. The van der Waals surface area contributed by atoms with E-state index in [4.69, 9.17) is 16.7 Å². The standard InChI is InChI=1S/C8H5ClF2N2O4/c9-4-1-3(2-5(14)15)8(13(16)17)12-6(4)7(10)11/h1,7H,2H2,(H,14,15). The normalized spacial score (nSPS) is 10.6. The van der Waals surface area contributed by atoms with Crippen LogP contribution in [0.3, 0.4) is 0 Å². The summed E-state index contributed by atoms with van der Waals surface area (Å²) in [7, 11) is 0. The smallest absolute Gasteiger partial charge is 0.367 e. The lowest BCUT2D eigenvalue weighted by molar-refractivity contribution is -0.390. The van der Waals surface area contributed by atoms with Crippen molar-refractivity contribution in [2.45, 2.75) is 12.8 Å². The van der Waals surface area contributed by atoms with Crippen molar-refractivity contribution in [3.8, 4) is 0 Å². The van der Waals surface area contributed by atoms with Crippen LogP contribution in [0.2, 0.25) is 5.02 Å². The quantitative estimate of drug-likeness (QED) is 0.666. The first kappa shape index (κ1) is 13.2. The van der Waals surface area contributed by atoms with Crippen molar-refractivity contribution in [2.75, 3.05) is 0 Å².